The van der Waals surface area contributed by atoms with Crippen LogP contribution in [0.2, 0.25) is 0 Å². The highest BCUT2D eigenvalue weighted by Gasteiger charge is 2.39. The summed E-state index contributed by atoms with van der Waals surface area (Å²) < 4.78 is 28.9. The summed E-state index contributed by atoms with van der Waals surface area (Å²) in [6.45, 7) is 5.59. The van der Waals surface area contributed by atoms with Crippen LogP contribution >= 0.6 is 0 Å². The average Bonchev–Trinajstić information content (AvgIpc) is 2.01. The second kappa shape index (κ2) is 4.07. The van der Waals surface area contributed by atoms with Crippen LogP contribution in [-0.2, 0) is 14.9 Å². The van der Waals surface area contributed by atoms with Crippen molar-refractivity contribution in [3.8, 4) is 0 Å². The van der Waals surface area contributed by atoms with Crippen LogP contribution in [0.5, 0.6) is 0 Å². The molecule has 0 aliphatic heterocycles. The van der Waals surface area contributed by atoms with Gasteiger partial charge in [-0.2, -0.15) is 8.42 Å². The van der Waals surface area contributed by atoms with Crippen molar-refractivity contribution >= 4 is 16.0 Å². The van der Waals surface area contributed by atoms with Gasteiger partial charge in [-0.1, -0.05) is 6.58 Å². The van der Waals surface area contributed by atoms with Gasteiger partial charge in [-0.05, 0) is 19.9 Å². The van der Waals surface area contributed by atoms with Crippen LogP contribution in [0.1, 0.15) is 13.8 Å². The lowest BCUT2D eigenvalue weighted by Crippen LogP contribution is -2.58. The van der Waals surface area contributed by atoms with E-state index in [-0.39, 0.29) is 0 Å². The highest BCUT2D eigenvalue weighted by Crippen LogP contribution is 2.16. The fraction of sp³-hybridized carbons (Fsp3) is 0.571. The number of carbonyl (C=O) groups excluding carboxylic acids is 1. The Morgan fingerprint density at radius 3 is 2.36 bits per heavy atom. The second-order valence-corrected chi connectivity index (χ2v) is 5.27. The molecule has 0 radical (unpaired) electrons. The lowest BCUT2D eigenvalue weighted by molar-refractivity contribution is -0.117. The molecule has 0 fully saturated rings. The smallest absolute Gasteiger partial charge is 0.273 e. The summed E-state index contributed by atoms with van der Waals surface area (Å²) in [5.41, 5.74) is 5.40. The lowest BCUT2D eigenvalue weighted by Gasteiger charge is -2.28. The molecule has 14 heavy (non-hydrogen) atoms. The lowest BCUT2D eigenvalue weighted by atomic mass is 10.1. The Labute approximate surface area is 82.9 Å². The van der Waals surface area contributed by atoms with E-state index in [0.29, 0.717) is 0 Å². The molecule has 82 valence electrons. The third-order valence-corrected chi connectivity index (χ3v) is 3.48. The van der Waals surface area contributed by atoms with Gasteiger partial charge in [-0.3, -0.25) is 9.35 Å². The maximum Gasteiger partial charge on any atom is 0.273 e. The van der Waals surface area contributed by atoms with E-state index in [9.17, 15) is 13.2 Å². The summed E-state index contributed by atoms with van der Waals surface area (Å²) in [6, 6.07) is 0. The molecule has 1 amide bonds. The van der Waals surface area contributed by atoms with Crippen molar-refractivity contribution in [1.82, 2.24) is 5.32 Å². The molecule has 0 rings (SSSR count). The summed E-state index contributed by atoms with van der Waals surface area (Å²) in [7, 11) is -4.33. The van der Waals surface area contributed by atoms with E-state index in [1.807, 2.05) is 0 Å². The first-order chi connectivity index (χ1) is 6.13. The van der Waals surface area contributed by atoms with E-state index >= 15 is 0 Å². The Bertz CT molecular complexity index is 334. The maximum atomic E-state index is 10.9. The molecule has 0 aromatic carbocycles. The fourth-order valence-corrected chi connectivity index (χ4v) is 0.926. The van der Waals surface area contributed by atoms with Gasteiger partial charge in [-0.25, -0.2) is 0 Å². The van der Waals surface area contributed by atoms with Crippen LogP contribution in [-0.4, -0.2) is 29.8 Å². The monoisotopic (exact) mass is 222 g/mol. The van der Waals surface area contributed by atoms with Crippen molar-refractivity contribution in [2.24, 2.45) is 5.73 Å². The summed E-state index contributed by atoms with van der Waals surface area (Å²) >= 11 is 0. The normalized spacial score (nSPS) is 14.6. The standard InChI is InChI=1S/C7H14N2O4S/c1-4-5(10)9-6(8)7(2,3)14(11,12)13/h4,6H,1,8H2,2-3H3,(H,9,10)(H,11,12,13). The summed E-state index contributed by atoms with van der Waals surface area (Å²) in [5.74, 6) is -0.603. The number of amides is 1. The first kappa shape index (κ1) is 13.1. The van der Waals surface area contributed by atoms with Gasteiger partial charge in [0.15, 0.2) is 0 Å². The van der Waals surface area contributed by atoms with E-state index in [0.717, 1.165) is 6.08 Å². The van der Waals surface area contributed by atoms with Crippen molar-refractivity contribution in [3.05, 3.63) is 12.7 Å². The zero-order valence-corrected chi connectivity index (χ0v) is 8.84. The van der Waals surface area contributed by atoms with Crippen LogP contribution in [0, 0.1) is 0 Å². The number of nitrogens with two attached hydrogens (primary N) is 1. The SMILES string of the molecule is C=CC(=O)NC(N)C(C)(C)S(=O)(=O)O. The van der Waals surface area contributed by atoms with Gasteiger partial charge in [0.1, 0.15) is 4.75 Å². The van der Waals surface area contributed by atoms with Crippen molar-refractivity contribution in [2.45, 2.75) is 24.8 Å². The number of hydrogen-bond donors (Lipinski definition) is 3. The summed E-state index contributed by atoms with van der Waals surface area (Å²) in [6.07, 6.45) is -0.247. The Balaban J connectivity index is 4.77. The minimum Gasteiger partial charge on any atom is -0.336 e. The molecular formula is C7H14N2O4S. The van der Waals surface area contributed by atoms with Gasteiger partial charge in [-0.15, -0.1) is 0 Å². The van der Waals surface area contributed by atoms with Gasteiger partial charge in [0.25, 0.3) is 10.1 Å². The molecule has 0 spiro atoms. The molecule has 1 unspecified atom stereocenters. The molecule has 1 atom stereocenters. The minimum atomic E-state index is -4.33. The molecule has 0 heterocycles. The Morgan fingerprint density at radius 1 is 1.64 bits per heavy atom. The predicted octanol–water partition coefficient (Wildman–Crippen LogP) is -0.760. The van der Waals surface area contributed by atoms with Crippen molar-refractivity contribution in [2.75, 3.05) is 0 Å². The molecule has 0 aliphatic carbocycles. The second-order valence-electron chi connectivity index (χ2n) is 3.27. The molecule has 0 aromatic rings. The number of nitrogens with one attached hydrogen (secondary N) is 1. The summed E-state index contributed by atoms with van der Waals surface area (Å²) in [4.78, 5) is 10.8. The number of hydrogen-bond acceptors (Lipinski definition) is 4. The maximum absolute atomic E-state index is 10.9. The molecule has 0 saturated carbocycles. The molecule has 0 saturated heterocycles. The number of rotatable bonds is 4. The van der Waals surface area contributed by atoms with Crippen molar-refractivity contribution < 1.29 is 17.8 Å². The molecule has 0 aromatic heterocycles. The van der Waals surface area contributed by atoms with Crippen LogP contribution in [0.4, 0.5) is 0 Å². The largest absolute Gasteiger partial charge is 0.336 e. The van der Waals surface area contributed by atoms with E-state index in [1.165, 1.54) is 13.8 Å². The molecule has 7 heteroatoms. The van der Waals surface area contributed by atoms with Crippen LogP contribution < -0.4 is 11.1 Å². The zero-order valence-electron chi connectivity index (χ0n) is 8.02. The highest BCUT2D eigenvalue weighted by molar-refractivity contribution is 7.87. The van der Waals surface area contributed by atoms with E-state index in [2.05, 4.69) is 11.9 Å². The Hall–Kier alpha value is -0.920. The van der Waals surface area contributed by atoms with E-state index < -0.39 is 26.9 Å². The molecule has 0 bridgehead atoms. The van der Waals surface area contributed by atoms with Crippen LogP contribution in [0.15, 0.2) is 12.7 Å². The van der Waals surface area contributed by atoms with E-state index in [4.69, 9.17) is 10.3 Å². The van der Waals surface area contributed by atoms with Gasteiger partial charge in [0, 0.05) is 0 Å². The van der Waals surface area contributed by atoms with Gasteiger partial charge >= 0.3 is 0 Å². The van der Waals surface area contributed by atoms with Crippen molar-refractivity contribution in [1.29, 1.82) is 0 Å². The van der Waals surface area contributed by atoms with Gasteiger partial charge in [0.2, 0.25) is 5.91 Å². The highest BCUT2D eigenvalue weighted by atomic mass is 32.2. The summed E-state index contributed by atoms with van der Waals surface area (Å²) in [5, 5.41) is 2.16. The molecule has 6 nitrogen and oxygen atoms in total. The van der Waals surface area contributed by atoms with Gasteiger partial charge in [0.05, 0.1) is 6.17 Å². The zero-order chi connectivity index (χ0) is 11.6. The molecule has 0 aliphatic rings. The third kappa shape index (κ3) is 2.79. The topological polar surface area (TPSA) is 109 Å². The molecular weight excluding hydrogens is 208 g/mol. The fourth-order valence-electron chi connectivity index (χ4n) is 0.546. The Morgan fingerprint density at radius 2 is 2.07 bits per heavy atom. The number of carbonyl (C=O) groups is 1. The van der Waals surface area contributed by atoms with Crippen molar-refractivity contribution in [3.63, 3.8) is 0 Å². The average molecular weight is 222 g/mol. The Kier molecular flexibility index (Phi) is 3.81. The first-order valence-electron chi connectivity index (χ1n) is 3.78. The third-order valence-electron chi connectivity index (χ3n) is 1.90. The van der Waals surface area contributed by atoms with Gasteiger partial charge < -0.3 is 11.1 Å². The quantitative estimate of drug-likeness (QED) is 0.329. The van der Waals surface area contributed by atoms with E-state index in [1.54, 1.807) is 0 Å². The predicted molar refractivity (Wildman–Crippen MR) is 51.9 cm³/mol. The van der Waals surface area contributed by atoms with Crippen LogP contribution in [0.3, 0.4) is 0 Å². The minimum absolute atomic E-state index is 0.603. The molecule has 4 N–H and O–H groups in total. The van der Waals surface area contributed by atoms with Crippen LogP contribution in [0.25, 0.3) is 0 Å². The first-order valence-corrected chi connectivity index (χ1v) is 5.22.